The maximum Gasteiger partial charge on any atom is 0.0602 e. The fourth-order valence-electron chi connectivity index (χ4n) is 1.12. The Balaban J connectivity index is 2.05. The van der Waals surface area contributed by atoms with Crippen LogP contribution in [0.1, 0.15) is 19.8 Å². The molecular formula is C8H16O2S. The number of hydrogen-bond donors (Lipinski definition) is 1. The van der Waals surface area contributed by atoms with Crippen molar-refractivity contribution in [3.05, 3.63) is 0 Å². The molecule has 0 unspecified atom stereocenters. The summed E-state index contributed by atoms with van der Waals surface area (Å²) in [5.74, 6) is 0.866. The maximum absolute atomic E-state index is 9.03. The molecule has 0 radical (unpaired) electrons. The zero-order valence-electron chi connectivity index (χ0n) is 6.95. The molecule has 3 heteroatoms. The molecule has 0 aromatic carbocycles. The second kappa shape index (κ2) is 5.01. The highest BCUT2D eigenvalue weighted by Gasteiger charge is 2.14. The average molecular weight is 176 g/mol. The van der Waals surface area contributed by atoms with Gasteiger partial charge in [-0.05, 0) is 19.8 Å². The molecular weight excluding hydrogens is 160 g/mol. The van der Waals surface area contributed by atoms with Gasteiger partial charge in [-0.25, -0.2) is 0 Å². The van der Waals surface area contributed by atoms with Crippen LogP contribution in [0.2, 0.25) is 0 Å². The van der Waals surface area contributed by atoms with Crippen molar-refractivity contribution in [2.45, 2.75) is 31.1 Å². The normalized spacial score (nSPS) is 23.5. The summed E-state index contributed by atoms with van der Waals surface area (Å²) in [7, 11) is 0. The minimum Gasteiger partial charge on any atom is -0.393 e. The molecule has 1 aliphatic rings. The van der Waals surface area contributed by atoms with Crippen molar-refractivity contribution >= 4 is 11.8 Å². The van der Waals surface area contributed by atoms with E-state index in [4.69, 9.17) is 9.84 Å². The molecule has 1 fully saturated rings. The van der Waals surface area contributed by atoms with Crippen LogP contribution in [0, 0.1) is 0 Å². The van der Waals surface area contributed by atoms with Gasteiger partial charge in [0, 0.05) is 24.2 Å². The molecule has 0 amide bonds. The zero-order chi connectivity index (χ0) is 8.10. The van der Waals surface area contributed by atoms with Crippen LogP contribution >= 0.6 is 11.8 Å². The quantitative estimate of drug-likeness (QED) is 0.702. The third kappa shape index (κ3) is 3.99. The molecule has 1 heterocycles. The highest BCUT2D eigenvalue weighted by atomic mass is 32.2. The fraction of sp³-hybridized carbons (Fsp3) is 1.00. The van der Waals surface area contributed by atoms with Crippen molar-refractivity contribution in [3.8, 4) is 0 Å². The van der Waals surface area contributed by atoms with Gasteiger partial charge in [0.15, 0.2) is 0 Å². The number of rotatable bonds is 3. The molecule has 0 bridgehead atoms. The molecule has 66 valence electrons. The molecule has 2 nitrogen and oxygen atoms in total. The molecule has 0 saturated carbocycles. The first-order chi connectivity index (χ1) is 5.29. The van der Waals surface area contributed by atoms with Crippen molar-refractivity contribution in [3.63, 3.8) is 0 Å². The SMILES string of the molecule is C[C@@H](O)CSC1CCOCC1. The Kier molecular flexibility index (Phi) is 4.26. The Labute approximate surface area is 72.3 Å². The second-order valence-electron chi connectivity index (χ2n) is 2.99. The van der Waals surface area contributed by atoms with E-state index in [1.165, 1.54) is 0 Å². The van der Waals surface area contributed by atoms with Gasteiger partial charge in [0.1, 0.15) is 0 Å². The van der Waals surface area contributed by atoms with Gasteiger partial charge in [-0.1, -0.05) is 0 Å². The average Bonchev–Trinajstić information content (AvgIpc) is 2.03. The molecule has 11 heavy (non-hydrogen) atoms. The molecule has 0 aromatic rings. The van der Waals surface area contributed by atoms with Crippen LogP contribution in [-0.2, 0) is 4.74 Å². The number of ether oxygens (including phenoxy) is 1. The Morgan fingerprint density at radius 3 is 2.73 bits per heavy atom. The smallest absolute Gasteiger partial charge is 0.0602 e. The number of aliphatic hydroxyl groups excluding tert-OH is 1. The summed E-state index contributed by atoms with van der Waals surface area (Å²) in [6.45, 7) is 3.64. The van der Waals surface area contributed by atoms with E-state index in [0.717, 1.165) is 37.1 Å². The predicted octanol–water partition coefficient (Wildman–Crippen LogP) is 1.28. The van der Waals surface area contributed by atoms with E-state index in [-0.39, 0.29) is 6.10 Å². The third-order valence-corrected chi connectivity index (χ3v) is 3.36. The van der Waals surface area contributed by atoms with Crippen LogP contribution in [0.15, 0.2) is 0 Å². The molecule has 0 aliphatic carbocycles. The van der Waals surface area contributed by atoms with Gasteiger partial charge in [0.2, 0.25) is 0 Å². The standard InChI is InChI=1S/C8H16O2S/c1-7(9)6-11-8-2-4-10-5-3-8/h7-9H,2-6H2,1H3/t7-/m1/s1. The summed E-state index contributed by atoms with van der Waals surface area (Å²) < 4.78 is 5.23. The van der Waals surface area contributed by atoms with Gasteiger partial charge in [-0.2, -0.15) is 11.8 Å². The van der Waals surface area contributed by atoms with Crippen LogP contribution in [0.25, 0.3) is 0 Å². The summed E-state index contributed by atoms with van der Waals surface area (Å²) in [5.41, 5.74) is 0. The first-order valence-electron chi connectivity index (χ1n) is 4.16. The Hall–Kier alpha value is 0.270. The van der Waals surface area contributed by atoms with Crippen LogP contribution in [0.4, 0.5) is 0 Å². The fourth-order valence-corrected chi connectivity index (χ4v) is 2.19. The van der Waals surface area contributed by atoms with Crippen molar-refractivity contribution in [2.24, 2.45) is 0 Å². The summed E-state index contributed by atoms with van der Waals surface area (Å²) in [6, 6.07) is 0. The molecule has 1 aliphatic heterocycles. The van der Waals surface area contributed by atoms with Crippen LogP contribution in [-0.4, -0.2) is 35.4 Å². The first-order valence-corrected chi connectivity index (χ1v) is 5.21. The first kappa shape index (κ1) is 9.36. The lowest BCUT2D eigenvalue weighted by atomic mass is 10.2. The van der Waals surface area contributed by atoms with E-state index in [1.807, 2.05) is 18.7 Å². The Morgan fingerprint density at radius 1 is 1.55 bits per heavy atom. The Bertz CT molecular complexity index is 100. The molecule has 1 atom stereocenters. The summed E-state index contributed by atoms with van der Waals surface area (Å²) >= 11 is 1.88. The highest BCUT2D eigenvalue weighted by Crippen LogP contribution is 2.22. The molecule has 0 spiro atoms. The lowest BCUT2D eigenvalue weighted by molar-refractivity contribution is 0.0998. The van der Waals surface area contributed by atoms with Gasteiger partial charge in [0.25, 0.3) is 0 Å². The van der Waals surface area contributed by atoms with E-state index in [1.54, 1.807) is 0 Å². The lowest BCUT2D eigenvalue weighted by Gasteiger charge is -2.21. The van der Waals surface area contributed by atoms with Crippen LogP contribution in [0.5, 0.6) is 0 Å². The minimum atomic E-state index is -0.164. The van der Waals surface area contributed by atoms with Crippen LogP contribution in [0.3, 0.4) is 0 Å². The van der Waals surface area contributed by atoms with Crippen molar-refractivity contribution in [1.82, 2.24) is 0 Å². The predicted molar refractivity (Wildman–Crippen MR) is 48.0 cm³/mol. The lowest BCUT2D eigenvalue weighted by Crippen LogP contribution is -2.19. The molecule has 1 saturated heterocycles. The van der Waals surface area contributed by atoms with E-state index >= 15 is 0 Å². The van der Waals surface area contributed by atoms with Crippen molar-refractivity contribution in [1.29, 1.82) is 0 Å². The molecule has 0 aromatic heterocycles. The van der Waals surface area contributed by atoms with E-state index < -0.39 is 0 Å². The van der Waals surface area contributed by atoms with Gasteiger partial charge in [0.05, 0.1) is 6.10 Å². The maximum atomic E-state index is 9.03. The van der Waals surface area contributed by atoms with E-state index in [0.29, 0.717) is 0 Å². The van der Waals surface area contributed by atoms with Crippen molar-refractivity contribution < 1.29 is 9.84 Å². The Morgan fingerprint density at radius 2 is 2.18 bits per heavy atom. The molecule has 1 rings (SSSR count). The number of hydrogen-bond acceptors (Lipinski definition) is 3. The third-order valence-electron chi connectivity index (χ3n) is 1.74. The summed E-state index contributed by atoms with van der Waals surface area (Å²) in [4.78, 5) is 0. The summed E-state index contributed by atoms with van der Waals surface area (Å²) in [5, 5.41) is 9.75. The summed E-state index contributed by atoms with van der Waals surface area (Å²) in [6.07, 6.45) is 2.14. The molecule has 1 N–H and O–H groups in total. The van der Waals surface area contributed by atoms with Gasteiger partial charge >= 0.3 is 0 Å². The second-order valence-corrected chi connectivity index (χ2v) is 4.33. The van der Waals surface area contributed by atoms with Gasteiger partial charge in [-0.15, -0.1) is 0 Å². The highest BCUT2D eigenvalue weighted by molar-refractivity contribution is 7.99. The topological polar surface area (TPSA) is 29.5 Å². The monoisotopic (exact) mass is 176 g/mol. The van der Waals surface area contributed by atoms with Crippen molar-refractivity contribution in [2.75, 3.05) is 19.0 Å². The zero-order valence-corrected chi connectivity index (χ0v) is 7.77. The largest absolute Gasteiger partial charge is 0.393 e. The van der Waals surface area contributed by atoms with Crippen LogP contribution < -0.4 is 0 Å². The van der Waals surface area contributed by atoms with Gasteiger partial charge in [-0.3, -0.25) is 0 Å². The minimum absolute atomic E-state index is 0.164. The van der Waals surface area contributed by atoms with Gasteiger partial charge < -0.3 is 9.84 Å². The number of aliphatic hydroxyl groups is 1. The van der Waals surface area contributed by atoms with E-state index in [2.05, 4.69) is 0 Å². The van der Waals surface area contributed by atoms with E-state index in [9.17, 15) is 0 Å². The number of thioether (sulfide) groups is 1.